The Morgan fingerprint density at radius 3 is 2.70 bits per heavy atom. The lowest BCUT2D eigenvalue weighted by molar-refractivity contribution is 0.632. The van der Waals surface area contributed by atoms with E-state index in [2.05, 4.69) is 4.98 Å². The van der Waals surface area contributed by atoms with Gasteiger partial charge in [0.15, 0.2) is 0 Å². The van der Waals surface area contributed by atoms with Gasteiger partial charge in [0.2, 0.25) is 0 Å². The van der Waals surface area contributed by atoms with Crippen LogP contribution in [0, 0.1) is 0 Å². The molecule has 0 spiro atoms. The van der Waals surface area contributed by atoms with Gasteiger partial charge in [-0.05, 0) is 12.1 Å². The van der Waals surface area contributed by atoms with Crippen LogP contribution in [0.1, 0.15) is 5.69 Å². The Morgan fingerprint density at radius 1 is 1.05 bits per heavy atom. The van der Waals surface area contributed by atoms with E-state index in [4.69, 9.17) is 0 Å². The van der Waals surface area contributed by atoms with Crippen LogP contribution in [-0.2, 0) is 13.6 Å². The largest absolute Gasteiger partial charge is 0.331 e. The summed E-state index contributed by atoms with van der Waals surface area (Å²) in [4.78, 5) is 28.2. The van der Waals surface area contributed by atoms with Crippen molar-refractivity contribution in [1.82, 2.24) is 14.1 Å². The highest BCUT2D eigenvalue weighted by molar-refractivity contribution is 5.78. The third kappa shape index (κ3) is 2.14. The number of para-hydroxylation sites is 1. The van der Waals surface area contributed by atoms with Crippen LogP contribution in [0.25, 0.3) is 10.9 Å². The molecule has 100 valence electrons. The van der Waals surface area contributed by atoms with Crippen molar-refractivity contribution < 1.29 is 0 Å². The van der Waals surface area contributed by atoms with E-state index in [9.17, 15) is 9.59 Å². The van der Waals surface area contributed by atoms with Crippen LogP contribution in [0.2, 0.25) is 0 Å². The molecule has 0 bridgehead atoms. The Bertz CT molecular complexity index is 893. The number of nitrogens with zero attached hydrogens (tertiary/aromatic N) is 3. The maximum atomic E-state index is 12.0. The first kappa shape index (κ1) is 12.3. The molecule has 0 aliphatic carbocycles. The summed E-state index contributed by atoms with van der Waals surface area (Å²) in [5, 5.41) is 1.03. The molecule has 20 heavy (non-hydrogen) atoms. The molecule has 3 aromatic rings. The molecule has 0 radical (unpaired) electrons. The van der Waals surface area contributed by atoms with Crippen molar-refractivity contribution in [2.24, 2.45) is 7.05 Å². The Balaban J connectivity index is 2.08. The smallest absolute Gasteiger partial charge is 0.303 e. The summed E-state index contributed by atoms with van der Waals surface area (Å²) >= 11 is 0. The van der Waals surface area contributed by atoms with Crippen molar-refractivity contribution >= 4 is 10.9 Å². The van der Waals surface area contributed by atoms with E-state index in [-0.39, 0.29) is 17.8 Å². The minimum absolute atomic E-state index is 0.178. The second-order valence-corrected chi connectivity index (χ2v) is 4.63. The number of hydrogen-bond acceptors (Lipinski definition) is 3. The molecule has 0 atom stereocenters. The summed E-state index contributed by atoms with van der Waals surface area (Å²) in [5.41, 5.74) is 0.885. The fourth-order valence-corrected chi connectivity index (χ4v) is 2.12. The lowest BCUT2D eigenvalue weighted by Crippen LogP contribution is -2.38. The van der Waals surface area contributed by atoms with Crippen molar-refractivity contribution in [3.05, 3.63) is 75.2 Å². The minimum Gasteiger partial charge on any atom is -0.303 e. The highest BCUT2D eigenvalue weighted by Crippen LogP contribution is 2.11. The Hall–Kier alpha value is -2.69. The first-order chi connectivity index (χ1) is 9.65. The number of aromatic nitrogens is 3. The van der Waals surface area contributed by atoms with Crippen molar-refractivity contribution in [1.29, 1.82) is 0 Å². The lowest BCUT2D eigenvalue weighted by atomic mass is 10.2. The summed E-state index contributed by atoms with van der Waals surface area (Å²) in [5.74, 6) is 0. The topological polar surface area (TPSA) is 56.9 Å². The first-order valence-corrected chi connectivity index (χ1v) is 6.26. The lowest BCUT2D eigenvalue weighted by Gasteiger charge is -2.07. The third-order valence-corrected chi connectivity index (χ3v) is 3.22. The number of rotatable bonds is 2. The fourth-order valence-electron chi connectivity index (χ4n) is 2.12. The van der Waals surface area contributed by atoms with Gasteiger partial charge in [-0.15, -0.1) is 0 Å². The standard InChI is InChI=1S/C15H13N3O2/c1-17-9-8-14(19)18(15(17)20)10-12-7-6-11-4-2-3-5-13(11)16-12/h2-9H,10H2,1H3. The summed E-state index contributed by atoms with van der Waals surface area (Å²) in [6.45, 7) is 0.178. The molecule has 0 fully saturated rings. The number of hydrogen-bond donors (Lipinski definition) is 0. The van der Waals surface area contributed by atoms with Gasteiger partial charge in [0, 0.05) is 24.7 Å². The minimum atomic E-state index is -0.340. The molecule has 0 unspecified atom stereocenters. The fraction of sp³-hybridized carbons (Fsp3) is 0.133. The second kappa shape index (κ2) is 4.77. The van der Waals surface area contributed by atoms with Crippen LogP contribution in [0.3, 0.4) is 0 Å². The Morgan fingerprint density at radius 2 is 1.85 bits per heavy atom. The molecule has 0 aliphatic rings. The summed E-state index contributed by atoms with van der Waals surface area (Å²) < 4.78 is 2.56. The molecule has 0 N–H and O–H groups in total. The summed E-state index contributed by atoms with van der Waals surface area (Å²) in [6.07, 6.45) is 1.47. The molecule has 5 nitrogen and oxygen atoms in total. The van der Waals surface area contributed by atoms with Gasteiger partial charge >= 0.3 is 5.69 Å². The second-order valence-electron chi connectivity index (χ2n) is 4.63. The van der Waals surface area contributed by atoms with E-state index in [0.717, 1.165) is 10.9 Å². The number of pyridine rings is 1. The Kier molecular flexibility index (Phi) is 2.95. The first-order valence-electron chi connectivity index (χ1n) is 6.26. The van der Waals surface area contributed by atoms with Gasteiger partial charge in [-0.3, -0.25) is 14.3 Å². The Labute approximate surface area is 114 Å². The highest BCUT2D eigenvalue weighted by atomic mass is 16.2. The molecular formula is C15H13N3O2. The van der Waals surface area contributed by atoms with Crippen molar-refractivity contribution in [3.63, 3.8) is 0 Å². The van der Waals surface area contributed by atoms with Crippen LogP contribution in [0.15, 0.2) is 58.3 Å². The number of aryl methyl sites for hydroxylation is 1. The van der Waals surface area contributed by atoms with Crippen LogP contribution in [-0.4, -0.2) is 14.1 Å². The van der Waals surface area contributed by atoms with Gasteiger partial charge in [0.1, 0.15) is 0 Å². The van der Waals surface area contributed by atoms with Crippen LogP contribution in [0.5, 0.6) is 0 Å². The van der Waals surface area contributed by atoms with E-state index < -0.39 is 0 Å². The molecular weight excluding hydrogens is 254 g/mol. The zero-order chi connectivity index (χ0) is 14.1. The molecule has 2 heterocycles. The van der Waals surface area contributed by atoms with Gasteiger partial charge in [-0.1, -0.05) is 24.3 Å². The molecule has 0 saturated heterocycles. The van der Waals surface area contributed by atoms with Gasteiger partial charge < -0.3 is 4.57 Å². The van der Waals surface area contributed by atoms with Gasteiger partial charge in [-0.25, -0.2) is 4.79 Å². The van der Waals surface area contributed by atoms with E-state index in [0.29, 0.717) is 5.69 Å². The van der Waals surface area contributed by atoms with Crippen LogP contribution < -0.4 is 11.2 Å². The van der Waals surface area contributed by atoms with E-state index in [1.165, 1.54) is 21.4 Å². The quantitative estimate of drug-likeness (QED) is 0.699. The maximum Gasteiger partial charge on any atom is 0.331 e. The molecule has 0 saturated carbocycles. The van der Waals surface area contributed by atoms with E-state index in [1.54, 1.807) is 7.05 Å². The SMILES string of the molecule is Cn1ccc(=O)n(Cc2ccc3ccccc3n2)c1=O. The van der Waals surface area contributed by atoms with Gasteiger partial charge in [0.05, 0.1) is 17.8 Å². The van der Waals surface area contributed by atoms with Crippen molar-refractivity contribution in [3.8, 4) is 0 Å². The molecule has 1 aromatic carbocycles. The van der Waals surface area contributed by atoms with Crippen LogP contribution >= 0.6 is 0 Å². The van der Waals surface area contributed by atoms with Crippen molar-refractivity contribution in [2.75, 3.05) is 0 Å². The predicted octanol–water partition coefficient (Wildman–Crippen LogP) is 1.14. The average Bonchev–Trinajstić information content (AvgIpc) is 2.47. The number of fused-ring (bicyclic) bond motifs is 1. The van der Waals surface area contributed by atoms with Gasteiger partial charge in [-0.2, -0.15) is 0 Å². The average molecular weight is 267 g/mol. The molecule has 0 aliphatic heterocycles. The van der Waals surface area contributed by atoms with Gasteiger partial charge in [0.25, 0.3) is 5.56 Å². The monoisotopic (exact) mass is 267 g/mol. The molecule has 5 heteroatoms. The normalized spacial score (nSPS) is 10.8. The number of benzene rings is 1. The highest BCUT2D eigenvalue weighted by Gasteiger charge is 2.05. The summed E-state index contributed by atoms with van der Waals surface area (Å²) in [7, 11) is 1.62. The third-order valence-electron chi connectivity index (χ3n) is 3.22. The van der Waals surface area contributed by atoms with Crippen LogP contribution in [0.4, 0.5) is 0 Å². The summed E-state index contributed by atoms with van der Waals surface area (Å²) in [6, 6.07) is 12.9. The van der Waals surface area contributed by atoms with Crippen molar-refractivity contribution in [2.45, 2.75) is 6.54 Å². The zero-order valence-corrected chi connectivity index (χ0v) is 11.0. The molecule has 2 aromatic heterocycles. The molecule has 3 rings (SSSR count). The van der Waals surface area contributed by atoms with E-state index >= 15 is 0 Å². The zero-order valence-electron chi connectivity index (χ0n) is 11.0. The predicted molar refractivity (Wildman–Crippen MR) is 76.8 cm³/mol. The van der Waals surface area contributed by atoms with E-state index in [1.807, 2.05) is 36.4 Å². The maximum absolute atomic E-state index is 12.0. The molecule has 0 amide bonds.